The molecule has 1 unspecified atom stereocenters. The maximum absolute atomic E-state index is 12.0. The lowest BCUT2D eigenvalue weighted by atomic mass is 9.89. The van der Waals surface area contributed by atoms with Crippen LogP contribution in [0.15, 0.2) is 40.6 Å². The van der Waals surface area contributed by atoms with E-state index in [4.69, 9.17) is 9.47 Å². The van der Waals surface area contributed by atoms with Gasteiger partial charge in [-0.25, -0.2) is 9.59 Å². The van der Waals surface area contributed by atoms with Crippen molar-refractivity contribution in [2.24, 2.45) is 5.10 Å². The van der Waals surface area contributed by atoms with Gasteiger partial charge in [0.1, 0.15) is 6.61 Å². The minimum atomic E-state index is -1.03. The molecule has 24 heavy (non-hydrogen) atoms. The summed E-state index contributed by atoms with van der Waals surface area (Å²) < 4.78 is 14.4. The maximum Gasteiger partial charge on any atom is 0.514 e. The summed E-state index contributed by atoms with van der Waals surface area (Å²) in [5, 5.41) is 14.9. The molecule has 124 valence electrons. The molecule has 0 aromatic heterocycles. The van der Waals surface area contributed by atoms with Crippen molar-refractivity contribution in [1.82, 2.24) is 5.43 Å². The number of nitrogens with zero attached hydrogens (tertiary/aromatic N) is 2. The van der Waals surface area contributed by atoms with Crippen LogP contribution in [0.4, 0.5) is 10.5 Å². The molecule has 0 saturated carbocycles. The van der Waals surface area contributed by atoms with Gasteiger partial charge in [0.15, 0.2) is 0 Å². The van der Waals surface area contributed by atoms with Gasteiger partial charge in [0.05, 0.1) is 29.2 Å². The molecule has 1 N–H and O–H groups in total. The number of nitro benzene ring substituents is 1. The third kappa shape index (κ3) is 2.64. The first-order valence-electron chi connectivity index (χ1n) is 6.75. The Morgan fingerprint density at radius 2 is 2.29 bits per heavy atom. The summed E-state index contributed by atoms with van der Waals surface area (Å²) in [5.74, 6) is -1.70. The van der Waals surface area contributed by atoms with Crippen molar-refractivity contribution in [2.75, 3.05) is 13.7 Å². The van der Waals surface area contributed by atoms with Crippen LogP contribution in [0.3, 0.4) is 0 Å². The second-order valence-corrected chi connectivity index (χ2v) is 4.87. The van der Waals surface area contributed by atoms with Gasteiger partial charge in [-0.2, -0.15) is 0 Å². The van der Waals surface area contributed by atoms with Crippen LogP contribution in [-0.2, 0) is 19.0 Å². The fourth-order valence-corrected chi connectivity index (χ4v) is 2.45. The van der Waals surface area contributed by atoms with Crippen molar-refractivity contribution >= 4 is 23.7 Å². The lowest BCUT2D eigenvalue weighted by Crippen LogP contribution is -2.31. The predicted molar refractivity (Wildman–Crippen MR) is 77.9 cm³/mol. The van der Waals surface area contributed by atoms with Gasteiger partial charge < -0.3 is 14.2 Å². The van der Waals surface area contributed by atoms with Gasteiger partial charge in [-0.3, -0.25) is 15.5 Å². The monoisotopic (exact) mass is 333 g/mol. The number of hydrogen-bond acceptors (Lipinski definition) is 9. The number of carbonyl (C=O) groups excluding carboxylic acids is 2. The molecule has 0 amide bonds. The van der Waals surface area contributed by atoms with Crippen molar-refractivity contribution in [3.05, 3.63) is 51.2 Å². The minimum absolute atomic E-state index is 0.00536. The first-order valence-corrected chi connectivity index (χ1v) is 6.75. The molecule has 10 nitrogen and oxygen atoms in total. The van der Waals surface area contributed by atoms with E-state index in [0.717, 1.165) is 7.11 Å². The highest BCUT2D eigenvalue weighted by Crippen LogP contribution is 2.36. The molecule has 1 aromatic rings. The van der Waals surface area contributed by atoms with Crippen LogP contribution in [-0.4, -0.2) is 36.7 Å². The molecule has 0 saturated heterocycles. The smallest absolute Gasteiger partial charge is 0.456 e. The van der Waals surface area contributed by atoms with Crippen molar-refractivity contribution in [1.29, 1.82) is 0 Å². The Kier molecular flexibility index (Phi) is 3.86. The molecule has 1 aromatic carbocycles. The quantitative estimate of drug-likeness (QED) is 0.485. The van der Waals surface area contributed by atoms with Crippen LogP contribution in [0.1, 0.15) is 11.5 Å². The molecule has 1 atom stereocenters. The normalized spacial score (nSPS) is 19.0. The van der Waals surface area contributed by atoms with Gasteiger partial charge in [-0.1, -0.05) is 12.1 Å². The number of hydrogen-bond donors (Lipinski definition) is 1. The lowest BCUT2D eigenvalue weighted by Gasteiger charge is -2.22. The Balaban J connectivity index is 2.06. The van der Waals surface area contributed by atoms with E-state index >= 15 is 0 Å². The van der Waals surface area contributed by atoms with Crippen molar-refractivity contribution in [2.45, 2.75) is 5.92 Å². The zero-order valence-electron chi connectivity index (χ0n) is 12.3. The molecule has 10 heteroatoms. The third-order valence-corrected chi connectivity index (χ3v) is 3.50. The van der Waals surface area contributed by atoms with E-state index < -0.39 is 23.0 Å². The van der Waals surface area contributed by atoms with Crippen LogP contribution in [0.5, 0.6) is 0 Å². The van der Waals surface area contributed by atoms with E-state index in [9.17, 15) is 19.7 Å². The van der Waals surface area contributed by atoms with Crippen molar-refractivity contribution < 1.29 is 28.7 Å². The van der Waals surface area contributed by atoms with Crippen molar-refractivity contribution in [3.8, 4) is 0 Å². The highest BCUT2D eigenvalue weighted by Gasteiger charge is 2.41. The fraction of sp³-hybridized carbons (Fsp3) is 0.214. The first-order chi connectivity index (χ1) is 11.5. The van der Waals surface area contributed by atoms with Crippen molar-refractivity contribution in [3.63, 3.8) is 0 Å². The van der Waals surface area contributed by atoms with Gasteiger partial charge in [0.25, 0.3) is 5.69 Å². The molecule has 3 rings (SSSR count). The number of ether oxygens (including phenoxy) is 3. The first kappa shape index (κ1) is 15.5. The van der Waals surface area contributed by atoms with Gasteiger partial charge in [0, 0.05) is 12.1 Å². The minimum Gasteiger partial charge on any atom is -0.456 e. The van der Waals surface area contributed by atoms with E-state index in [-0.39, 0.29) is 23.8 Å². The van der Waals surface area contributed by atoms with Gasteiger partial charge in [-0.05, 0) is 5.56 Å². The molecule has 0 fully saturated rings. The van der Waals surface area contributed by atoms with E-state index in [2.05, 4.69) is 15.3 Å². The van der Waals surface area contributed by atoms with E-state index in [0.29, 0.717) is 11.3 Å². The number of nitrogens with one attached hydrogen (secondary N) is 1. The molecular weight excluding hydrogens is 322 g/mol. The topological polar surface area (TPSA) is 129 Å². The summed E-state index contributed by atoms with van der Waals surface area (Å²) in [5.41, 5.74) is 3.37. The highest BCUT2D eigenvalue weighted by molar-refractivity contribution is 6.05. The lowest BCUT2D eigenvalue weighted by molar-refractivity contribution is -0.384. The number of esters is 1. The average Bonchev–Trinajstić information content (AvgIpc) is 2.96. The summed E-state index contributed by atoms with van der Waals surface area (Å²) in [4.78, 5) is 33.9. The Morgan fingerprint density at radius 1 is 1.50 bits per heavy atom. The summed E-state index contributed by atoms with van der Waals surface area (Å²) in [7, 11) is 1.12. The summed E-state index contributed by atoms with van der Waals surface area (Å²) in [6.07, 6.45) is -1.03. The molecule has 0 aliphatic carbocycles. The molecule has 2 aliphatic heterocycles. The largest absolute Gasteiger partial charge is 0.514 e. The van der Waals surface area contributed by atoms with Crippen LogP contribution < -0.4 is 5.43 Å². The summed E-state index contributed by atoms with van der Waals surface area (Å²) in [6, 6.07) is 5.62. The zero-order valence-corrected chi connectivity index (χ0v) is 12.3. The van der Waals surface area contributed by atoms with Gasteiger partial charge in [-0.15, -0.1) is 5.10 Å². The Bertz CT molecular complexity index is 799. The molecule has 0 spiro atoms. The molecule has 0 radical (unpaired) electrons. The molecule has 2 heterocycles. The van der Waals surface area contributed by atoms with Crippen LogP contribution >= 0.6 is 0 Å². The maximum atomic E-state index is 12.0. The third-order valence-electron chi connectivity index (χ3n) is 3.50. The average molecular weight is 333 g/mol. The number of carbonyl (C=O) groups is 2. The second kappa shape index (κ2) is 5.99. The summed E-state index contributed by atoms with van der Waals surface area (Å²) >= 11 is 0. The molecule has 2 aliphatic rings. The van der Waals surface area contributed by atoms with E-state index in [1.54, 1.807) is 6.07 Å². The fourth-order valence-electron chi connectivity index (χ4n) is 2.45. The SMILES string of the molecule is COC(=O)OC1=NNC2=C(C(=O)OC2)C1c1cccc([N+](=O)[O-])c1. The summed E-state index contributed by atoms with van der Waals surface area (Å²) in [6.45, 7) is -0.00536. The number of hydrazone groups is 1. The second-order valence-electron chi connectivity index (χ2n) is 4.87. The van der Waals surface area contributed by atoms with Crippen LogP contribution in [0.25, 0.3) is 0 Å². The predicted octanol–water partition coefficient (Wildman–Crippen LogP) is 1.19. The van der Waals surface area contributed by atoms with Crippen LogP contribution in [0, 0.1) is 10.1 Å². The van der Waals surface area contributed by atoms with Gasteiger partial charge >= 0.3 is 12.1 Å². The highest BCUT2D eigenvalue weighted by atomic mass is 16.7. The number of nitro groups is 1. The number of rotatable bonds is 2. The van der Waals surface area contributed by atoms with E-state index in [1.807, 2.05) is 0 Å². The molecule has 0 bridgehead atoms. The number of non-ortho nitro benzene ring substituents is 1. The van der Waals surface area contributed by atoms with E-state index in [1.165, 1.54) is 18.2 Å². The molecular formula is C14H11N3O7. The van der Waals surface area contributed by atoms with Crippen LogP contribution in [0.2, 0.25) is 0 Å². The number of methoxy groups -OCH3 is 1. The standard InChI is InChI=1S/C14H11N3O7/c1-22-14(19)24-12-10(7-3-2-4-8(5-7)17(20)21)11-9(15-16-12)6-23-13(11)18/h2-5,10,15H,6H2,1H3. The number of benzene rings is 1. The Hall–Kier alpha value is -3.43. The Morgan fingerprint density at radius 3 is 3.00 bits per heavy atom. The Labute approximate surface area is 134 Å². The van der Waals surface area contributed by atoms with Gasteiger partial charge in [0.2, 0.25) is 5.90 Å². The zero-order chi connectivity index (χ0) is 17.3. The number of cyclic esters (lactones) is 1.